The summed E-state index contributed by atoms with van der Waals surface area (Å²) in [5.41, 5.74) is 2.07. The fraction of sp³-hybridized carbons (Fsp3) is 0.235. The zero-order valence-corrected chi connectivity index (χ0v) is 12.7. The Bertz CT molecular complexity index is 723. The first-order valence-electron chi connectivity index (χ1n) is 6.94. The van der Waals surface area contributed by atoms with Crippen molar-refractivity contribution in [3.63, 3.8) is 0 Å². The number of hydrogen-bond acceptors (Lipinski definition) is 4. The van der Waals surface area contributed by atoms with Gasteiger partial charge in [0, 0.05) is 5.56 Å². The minimum Gasteiger partial charge on any atom is -0.478 e. The Morgan fingerprint density at radius 3 is 2.23 bits per heavy atom. The van der Waals surface area contributed by atoms with E-state index in [0.29, 0.717) is 22.5 Å². The Morgan fingerprint density at radius 2 is 1.68 bits per heavy atom. The molecule has 1 aromatic heterocycles. The smallest absolute Gasteiger partial charge is 0.340 e. The molecule has 0 unspecified atom stereocenters. The highest BCUT2D eigenvalue weighted by Gasteiger charge is 2.26. The monoisotopic (exact) mass is 299 g/mol. The van der Waals surface area contributed by atoms with Gasteiger partial charge in [0.05, 0.1) is 29.1 Å². The number of ether oxygens (including phenoxy) is 1. The quantitative estimate of drug-likeness (QED) is 0.877. The molecule has 0 aliphatic rings. The third-order valence-electron chi connectivity index (χ3n) is 3.31. The van der Waals surface area contributed by atoms with E-state index in [9.17, 15) is 14.7 Å². The third kappa shape index (κ3) is 2.83. The first-order chi connectivity index (χ1) is 10.5. The molecule has 2 rings (SSSR count). The van der Waals surface area contributed by atoms with Gasteiger partial charge in [-0.05, 0) is 26.3 Å². The van der Waals surface area contributed by atoms with E-state index in [0.717, 1.165) is 0 Å². The van der Waals surface area contributed by atoms with Crippen LogP contribution in [0.2, 0.25) is 0 Å². The summed E-state index contributed by atoms with van der Waals surface area (Å²) in [6.45, 7) is 5.22. The van der Waals surface area contributed by atoms with Crippen LogP contribution in [0.15, 0.2) is 30.3 Å². The Hall–Kier alpha value is -2.69. The Balaban J connectivity index is 2.85. The van der Waals surface area contributed by atoms with Gasteiger partial charge < -0.3 is 9.84 Å². The highest BCUT2D eigenvalue weighted by molar-refractivity contribution is 6.06. The average molecular weight is 299 g/mol. The molecule has 0 saturated carbocycles. The third-order valence-corrected chi connectivity index (χ3v) is 3.31. The molecule has 5 nitrogen and oxygen atoms in total. The van der Waals surface area contributed by atoms with Crippen molar-refractivity contribution in [3.8, 4) is 11.1 Å². The maximum Gasteiger partial charge on any atom is 0.340 e. The van der Waals surface area contributed by atoms with E-state index in [2.05, 4.69) is 4.98 Å². The van der Waals surface area contributed by atoms with Gasteiger partial charge in [-0.1, -0.05) is 30.3 Å². The Morgan fingerprint density at radius 1 is 1.09 bits per heavy atom. The van der Waals surface area contributed by atoms with Gasteiger partial charge in [-0.3, -0.25) is 4.98 Å². The number of carbonyl (C=O) groups is 2. The normalized spacial score (nSPS) is 10.3. The number of carboxylic acid groups (broad SMARTS) is 1. The van der Waals surface area contributed by atoms with Gasteiger partial charge in [0.15, 0.2) is 0 Å². The van der Waals surface area contributed by atoms with Gasteiger partial charge in [0.2, 0.25) is 0 Å². The van der Waals surface area contributed by atoms with Gasteiger partial charge >= 0.3 is 11.9 Å². The average Bonchev–Trinajstić information content (AvgIpc) is 2.47. The van der Waals surface area contributed by atoms with Crippen LogP contribution in [0.5, 0.6) is 0 Å². The number of aromatic carboxylic acids is 1. The van der Waals surface area contributed by atoms with Crippen LogP contribution in [-0.4, -0.2) is 28.6 Å². The van der Waals surface area contributed by atoms with E-state index in [1.165, 1.54) is 0 Å². The van der Waals surface area contributed by atoms with Crippen LogP contribution in [0, 0.1) is 13.8 Å². The lowest BCUT2D eigenvalue weighted by atomic mass is 9.92. The topological polar surface area (TPSA) is 76.5 Å². The van der Waals surface area contributed by atoms with Crippen LogP contribution in [0.1, 0.15) is 39.0 Å². The predicted molar refractivity (Wildman–Crippen MR) is 82.1 cm³/mol. The number of aryl methyl sites for hydroxylation is 2. The van der Waals surface area contributed by atoms with Crippen molar-refractivity contribution < 1.29 is 19.4 Å². The molecule has 0 radical (unpaired) electrons. The molecule has 0 fully saturated rings. The standard InChI is InChI=1S/C17H17NO4/c1-4-22-17(21)14-11(3)18-10(2)13(16(19)20)15(14)12-8-6-5-7-9-12/h5-9H,4H2,1-3H3,(H,19,20). The summed E-state index contributed by atoms with van der Waals surface area (Å²) in [7, 11) is 0. The lowest BCUT2D eigenvalue weighted by Crippen LogP contribution is -2.15. The zero-order valence-electron chi connectivity index (χ0n) is 12.7. The largest absolute Gasteiger partial charge is 0.478 e. The number of carbonyl (C=O) groups excluding carboxylic acids is 1. The van der Waals surface area contributed by atoms with E-state index in [-0.39, 0.29) is 17.7 Å². The van der Waals surface area contributed by atoms with E-state index < -0.39 is 11.9 Å². The SMILES string of the molecule is CCOC(=O)c1c(C)nc(C)c(C(=O)O)c1-c1ccccc1. The second kappa shape index (κ2) is 6.39. The molecule has 22 heavy (non-hydrogen) atoms. The summed E-state index contributed by atoms with van der Waals surface area (Å²) >= 11 is 0. The molecule has 0 aliphatic heterocycles. The molecular weight excluding hydrogens is 282 g/mol. The molecule has 1 aromatic carbocycles. The molecule has 5 heteroatoms. The zero-order chi connectivity index (χ0) is 16.3. The van der Waals surface area contributed by atoms with Crippen molar-refractivity contribution in [2.24, 2.45) is 0 Å². The van der Waals surface area contributed by atoms with E-state index in [4.69, 9.17) is 4.74 Å². The second-order valence-corrected chi connectivity index (χ2v) is 4.80. The maximum atomic E-state index is 12.3. The summed E-state index contributed by atoms with van der Waals surface area (Å²) in [6.07, 6.45) is 0. The van der Waals surface area contributed by atoms with Crippen molar-refractivity contribution in [3.05, 3.63) is 52.8 Å². The minimum absolute atomic E-state index is 0.0276. The second-order valence-electron chi connectivity index (χ2n) is 4.80. The summed E-state index contributed by atoms with van der Waals surface area (Å²) in [6, 6.07) is 8.95. The number of aromatic nitrogens is 1. The van der Waals surface area contributed by atoms with Crippen molar-refractivity contribution in [2.75, 3.05) is 6.61 Å². The first kappa shape index (κ1) is 15.7. The number of rotatable bonds is 4. The van der Waals surface area contributed by atoms with Gasteiger partial charge in [0.1, 0.15) is 0 Å². The molecule has 0 aliphatic carbocycles. The Labute approximate surface area is 128 Å². The summed E-state index contributed by atoms with van der Waals surface area (Å²) in [5.74, 6) is -1.68. The molecule has 114 valence electrons. The van der Waals surface area contributed by atoms with Crippen molar-refractivity contribution in [1.82, 2.24) is 4.98 Å². The van der Waals surface area contributed by atoms with Crippen molar-refractivity contribution >= 4 is 11.9 Å². The molecule has 0 saturated heterocycles. The highest BCUT2D eigenvalue weighted by Crippen LogP contribution is 2.31. The molecule has 2 aromatic rings. The number of carboxylic acids is 1. The number of esters is 1. The molecule has 0 atom stereocenters. The van der Waals surface area contributed by atoms with E-state index in [1.54, 1.807) is 45.0 Å². The number of pyridine rings is 1. The van der Waals surface area contributed by atoms with Crippen LogP contribution < -0.4 is 0 Å². The summed E-state index contributed by atoms with van der Waals surface area (Å²) < 4.78 is 5.07. The molecule has 0 amide bonds. The van der Waals surface area contributed by atoms with Crippen molar-refractivity contribution in [2.45, 2.75) is 20.8 Å². The lowest BCUT2D eigenvalue weighted by Gasteiger charge is -2.16. The molecule has 1 N–H and O–H groups in total. The van der Waals surface area contributed by atoms with Gasteiger partial charge in [-0.25, -0.2) is 9.59 Å². The molecule has 1 heterocycles. The van der Waals surface area contributed by atoms with E-state index in [1.807, 2.05) is 6.07 Å². The van der Waals surface area contributed by atoms with Gasteiger partial charge in [-0.15, -0.1) is 0 Å². The van der Waals surface area contributed by atoms with Gasteiger partial charge in [-0.2, -0.15) is 0 Å². The van der Waals surface area contributed by atoms with Crippen LogP contribution in [0.3, 0.4) is 0 Å². The van der Waals surface area contributed by atoms with Crippen LogP contribution >= 0.6 is 0 Å². The van der Waals surface area contributed by atoms with Crippen LogP contribution in [0.4, 0.5) is 0 Å². The first-order valence-corrected chi connectivity index (χ1v) is 6.94. The highest BCUT2D eigenvalue weighted by atomic mass is 16.5. The molecule has 0 spiro atoms. The molecule has 0 bridgehead atoms. The molecular formula is C17H17NO4. The summed E-state index contributed by atoms with van der Waals surface area (Å²) in [5, 5.41) is 9.54. The number of hydrogen-bond donors (Lipinski definition) is 1. The van der Waals surface area contributed by atoms with Crippen LogP contribution in [0.25, 0.3) is 11.1 Å². The fourth-order valence-electron chi connectivity index (χ4n) is 2.46. The number of nitrogens with zero attached hydrogens (tertiary/aromatic N) is 1. The fourth-order valence-corrected chi connectivity index (χ4v) is 2.46. The lowest BCUT2D eigenvalue weighted by molar-refractivity contribution is 0.0526. The van der Waals surface area contributed by atoms with E-state index >= 15 is 0 Å². The van der Waals surface area contributed by atoms with Crippen molar-refractivity contribution in [1.29, 1.82) is 0 Å². The van der Waals surface area contributed by atoms with Gasteiger partial charge in [0.25, 0.3) is 0 Å². The van der Waals surface area contributed by atoms with Crippen LogP contribution in [-0.2, 0) is 4.74 Å². The minimum atomic E-state index is -1.12. The summed E-state index contributed by atoms with van der Waals surface area (Å²) in [4.78, 5) is 28.2. The Kier molecular flexibility index (Phi) is 4.56. The maximum absolute atomic E-state index is 12.3. The number of benzene rings is 1. The predicted octanol–water partition coefficient (Wildman–Crippen LogP) is 3.24.